The van der Waals surface area contributed by atoms with Crippen molar-refractivity contribution in [3.05, 3.63) is 12.3 Å². The molecular weight excluding hydrogens is 208 g/mol. The smallest absolute Gasteiger partial charge is 0.244 e. The number of nitrogens with two attached hydrogens (primary N) is 1. The molecule has 86 valence electrons. The zero-order valence-corrected chi connectivity index (χ0v) is 8.97. The summed E-state index contributed by atoms with van der Waals surface area (Å²) in [5.41, 5.74) is 2.35. The molecule has 1 aromatic rings. The summed E-state index contributed by atoms with van der Waals surface area (Å²) in [5.74, 6) is 6.20. The predicted molar refractivity (Wildman–Crippen MR) is 59.5 cm³/mol. The summed E-state index contributed by atoms with van der Waals surface area (Å²) in [6.45, 7) is 0.767. The number of nitrogens with one attached hydrogen (secondary N) is 2. The quantitative estimate of drug-likeness (QED) is 0.467. The molecule has 7 heteroatoms. The fourth-order valence-electron chi connectivity index (χ4n) is 1.64. The number of hydrogen-bond donors (Lipinski definition) is 3. The van der Waals surface area contributed by atoms with Gasteiger partial charge in [-0.3, -0.25) is 10.2 Å². The van der Waals surface area contributed by atoms with E-state index >= 15 is 0 Å². The molecule has 4 N–H and O–H groups in total. The van der Waals surface area contributed by atoms with E-state index in [4.69, 9.17) is 5.84 Å². The number of hydrogen-bond acceptors (Lipinski definition) is 6. The highest BCUT2D eigenvalue weighted by Crippen LogP contribution is 2.14. The third kappa shape index (κ3) is 2.03. The van der Waals surface area contributed by atoms with E-state index in [2.05, 4.69) is 20.7 Å². The molecule has 1 aliphatic heterocycles. The maximum atomic E-state index is 11.6. The van der Waals surface area contributed by atoms with Gasteiger partial charge in [0.05, 0.1) is 0 Å². The van der Waals surface area contributed by atoms with Crippen LogP contribution in [0.1, 0.15) is 6.42 Å². The summed E-state index contributed by atoms with van der Waals surface area (Å²) in [4.78, 5) is 21.3. The Morgan fingerprint density at radius 1 is 1.62 bits per heavy atom. The van der Waals surface area contributed by atoms with Crippen molar-refractivity contribution >= 4 is 17.7 Å². The number of likely N-dealkylation sites (tertiary alicyclic amines) is 1. The zero-order chi connectivity index (χ0) is 11.5. The highest BCUT2D eigenvalue weighted by Gasteiger charge is 2.28. The second kappa shape index (κ2) is 4.31. The fraction of sp³-hybridized carbons (Fsp3) is 0.444. The average Bonchev–Trinajstić information content (AvgIpc) is 2.61. The van der Waals surface area contributed by atoms with Crippen LogP contribution in [0.15, 0.2) is 12.3 Å². The van der Waals surface area contributed by atoms with Crippen molar-refractivity contribution in [3.63, 3.8) is 0 Å². The Bertz CT molecular complexity index is 395. The summed E-state index contributed by atoms with van der Waals surface area (Å²) in [5, 5.41) is 3.06. The number of hydrazine groups is 1. The van der Waals surface area contributed by atoms with E-state index in [0.29, 0.717) is 11.8 Å². The molecule has 0 aliphatic carbocycles. The lowest BCUT2D eigenvalue weighted by molar-refractivity contribution is -0.127. The molecule has 1 aromatic heterocycles. The minimum absolute atomic E-state index is 0.0841. The van der Waals surface area contributed by atoms with Gasteiger partial charge >= 0.3 is 0 Å². The molecule has 0 saturated carbocycles. The highest BCUT2D eigenvalue weighted by atomic mass is 16.2. The molecule has 7 nitrogen and oxygen atoms in total. The van der Waals surface area contributed by atoms with Gasteiger partial charge in [-0.05, 0) is 12.5 Å². The Morgan fingerprint density at radius 3 is 3.06 bits per heavy atom. The lowest BCUT2D eigenvalue weighted by Gasteiger charge is -2.12. The van der Waals surface area contributed by atoms with Gasteiger partial charge in [-0.15, -0.1) is 0 Å². The molecule has 16 heavy (non-hydrogen) atoms. The van der Waals surface area contributed by atoms with Gasteiger partial charge in [0.15, 0.2) is 0 Å². The van der Waals surface area contributed by atoms with Gasteiger partial charge in [-0.2, -0.15) is 4.98 Å². The van der Waals surface area contributed by atoms with Gasteiger partial charge in [0.1, 0.15) is 11.9 Å². The van der Waals surface area contributed by atoms with Crippen LogP contribution < -0.4 is 16.6 Å². The second-order valence-electron chi connectivity index (χ2n) is 3.66. The molecule has 2 rings (SSSR count). The monoisotopic (exact) mass is 222 g/mol. The van der Waals surface area contributed by atoms with E-state index < -0.39 is 0 Å². The van der Waals surface area contributed by atoms with E-state index in [0.717, 1.165) is 13.0 Å². The molecule has 0 radical (unpaired) electrons. The number of carbonyl (C=O) groups is 1. The number of nitrogen functional groups attached to an aromatic ring is 1. The van der Waals surface area contributed by atoms with Crippen molar-refractivity contribution in [3.8, 4) is 0 Å². The van der Waals surface area contributed by atoms with Gasteiger partial charge < -0.3 is 10.2 Å². The van der Waals surface area contributed by atoms with Crippen LogP contribution in [-0.2, 0) is 4.79 Å². The minimum Gasteiger partial charge on any atom is -0.358 e. The third-order valence-corrected chi connectivity index (χ3v) is 2.53. The number of likely N-dealkylation sites (N-methyl/N-ethyl adjacent to an activating group) is 1. The molecule has 0 spiro atoms. The fourth-order valence-corrected chi connectivity index (χ4v) is 1.64. The minimum atomic E-state index is -0.203. The predicted octanol–water partition coefficient (Wildman–Crippen LogP) is -0.595. The molecule has 1 saturated heterocycles. The van der Waals surface area contributed by atoms with E-state index in [1.54, 1.807) is 24.2 Å². The normalized spacial score (nSPS) is 20.0. The zero-order valence-electron chi connectivity index (χ0n) is 8.97. The lowest BCUT2D eigenvalue weighted by atomic mass is 10.2. The first kappa shape index (κ1) is 10.6. The van der Waals surface area contributed by atoms with Crippen molar-refractivity contribution in [1.29, 1.82) is 0 Å². The largest absolute Gasteiger partial charge is 0.358 e. The molecule has 1 aliphatic rings. The van der Waals surface area contributed by atoms with Crippen molar-refractivity contribution in [2.75, 3.05) is 24.3 Å². The van der Waals surface area contributed by atoms with Gasteiger partial charge in [0.2, 0.25) is 11.9 Å². The topological polar surface area (TPSA) is 96.2 Å². The van der Waals surface area contributed by atoms with Gasteiger partial charge in [-0.1, -0.05) is 0 Å². The van der Waals surface area contributed by atoms with Crippen molar-refractivity contribution in [2.45, 2.75) is 12.5 Å². The van der Waals surface area contributed by atoms with Crippen LogP contribution >= 0.6 is 0 Å². The summed E-state index contributed by atoms with van der Waals surface area (Å²) in [6.07, 6.45) is 2.36. The first-order chi connectivity index (χ1) is 7.70. The maximum absolute atomic E-state index is 11.6. The molecule has 1 atom stereocenters. The van der Waals surface area contributed by atoms with E-state index in [1.807, 2.05) is 0 Å². The Hall–Kier alpha value is -1.89. The Kier molecular flexibility index (Phi) is 2.86. The van der Waals surface area contributed by atoms with Crippen molar-refractivity contribution in [2.24, 2.45) is 5.84 Å². The number of carbonyl (C=O) groups excluding carboxylic acids is 1. The van der Waals surface area contributed by atoms with Crippen LogP contribution in [0.2, 0.25) is 0 Å². The first-order valence-corrected chi connectivity index (χ1v) is 5.02. The second-order valence-corrected chi connectivity index (χ2v) is 3.66. The van der Waals surface area contributed by atoms with Crippen LogP contribution in [0.5, 0.6) is 0 Å². The van der Waals surface area contributed by atoms with Gasteiger partial charge in [0.25, 0.3) is 0 Å². The van der Waals surface area contributed by atoms with Crippen LogP contribution in [0.3, 0.4) is 0 Å². The maximum Gasteiger partial charge on any atom is 0.244 e. The van der Waals surface area contributed by atoms with Crippen molar-refractivity contribution in [1.82, 2.24) is 14.9 Å². The van der Waals surface area contributed by atoms with Crippen LogP contribution in [-0.4, -0.2) is 40.4 Å². The molecule has 1 unspecified atom stereocenters. The van der Waals surface area contributed by atoms with E-state index in [-0.39, 0.29) is 11.9 Å². The third-order valence-electron chi connectivity index (χ3n) is 2.53. The number of nitrogens with zero attached hydrogens (tertiary/aromatic N) is 3. The first-order valence-electron chi connectivity index (χ1n) is 5.02. The number of aromatic nitrogens is 2. The average molecular weight is 222 g/mol. The van der Waals surface area contributed by atoms with E-state index in [9.17, 15) is 4.79 Å². The molecule has 1 fully saturated rings. The highest BCUT2D eigenvalue weighted by molar-refractivity contribution is 5.86. The van der Waals surface area contributed by atoms with Gasteiger partial charge in [0, 0.05) is 19.8 Å². The Morgan fingerprint density at radius 2 is 2.44 bits per heavy atom. The Labute approximate surface area is 93.0 Å². The number of rotatable bonds is 3. The summed E-state index contributed by atoms with van der Waals surface area (Å²) in [7, 11) is 1.79. The number of anilines is 2. The van der Waals surface area contributed by atoms with Gasteiger partial charge in [-0.25, -0.2) is 10.8 Å². The number of amides is 1. The van der Waals surface area contributed by atoms with Crippen LogP contribution in [0.25, 0.3) is 0 Å². The molecule has 0 bridgehead atoms. The van der Waals surface area contributed by atoms with Crippen LogP contribution in [0, 0.1) is 0 Å². The summed E-state index contributed by atoms with van der Waals surface area (Å²) >= 11 is 0. The summed E-state index contributed by atoms with van der Waals surface area (Å²) in [6, 6.07) is 1.50. The van der Waals surface area contributed by atoms with Crippen molar-refractivity contribution < 1.29 is 4.79 Å². The molecular formula is C9H14N6O. The van der Waals surface area contributed by atoms with Crippen LogP contribution in [0.4, 0.5) is 11.8 Å². The molecule has 1 amide bonds. The lowest BCUT2D eigenvalue weighted by Crippen LogP contribution is -2.31. The molecule has 0 aromatic carbocycles. The molecule has 2 heterocycles. The summed E-state index contributed by atoms with van der Waals surface area (Å²) < 4.78 is 0. The van der Waals surface area contributed by atoms with E-state index in [1.165, 1.54) is 0 Å². The SMILES string of the molecule is CN1CCC(Nc2ccnc(NN)n2)C1=O. The Balaban J connectivity index is 2.06. The standard InChI is InChI=1S/C9H14N6O/c1-15-5-3-6(8(15)16)12-7-2-4-11-9(13-7)14-10/h2,4,6H,3,5,10H2,1H3,(H2,11,12,13,14).